The highest BCUT2D eigenvalue weighted by Crippen LogP contribution is 2.07. The van der Waals surface area contributed by atoms with Gasteiger partial charge in [-0.05, 0) is 7.05 Å². The van der Waals surface area contributed by atoms with Gasteiger partial charge < -0.3 is 4.90 Å². The van der Waals surface area contributed by atoms with Crippen LogP contribution in [0.15, 0.2) is 12.3 Å². The van der Waals surface area contributed by atoms with E-state index in [2.05, 4.69) is 6.58 Å². The average Bonchev–Trinajstić information content (AvgIpc) is 2.04. The Balaban J connectivity index is 0.000000561. The molecule has 0 N–H and O–H groups in total. The van der Waals surface area contributed by atoms with Gasteiger partial charge in [-0.2, -0.15) is 0 Å². The van der Waals surface area contributed by atoms with Gasteiger partial charge in [0.2, 0.25) is 5.91 Å². The molecule has 0 unspecified atom stereocenters. The first-order chi connectivity index (χ1) is 5.61. The van der Waals surface area contributed by atoms with Gasteiger partial charge in [0.1, 0.15) is 0 Å². The molecule has 1 aliphatic heterocycles. The van der Waals surface area contributed by atoms with Gasteiger partial charge in [-0.1, -0.05) is 20.4 Å². The van der Waals surface area contributed by atoms with Crippen LogP contribution in [-0.4, -0.2) is 42.9 Å². The van der Waals surface area contributed by atoms with Crippen LogP contribution in [0.3, 0.4) is 0 Å². The number of hydrogen-bond acceptors (Lipinski definition) is 2. The molecule has 0 bridgehead atoms. The number of likely N-dealkylation sites (N-methyl/N-ethyl adjacent to an activating group) is 2. The number of piperazine rings is 1. The fraction of sp³-hybridized carbons (Fsp3) is 0.667. The molecule has 0 saturated carbocycles. The Labute approximate surface area is 74.7 Å². The molecule has 12 heavy (non-hydrogen) atoms. The topological polar surface area (TPSA) is 23.6 Å². The molecule has 1 heterocycles. The molecular formula is C9H18N2O. The minimum Gasteiger partial charge on any atom is -0.317 e. The third-order valence-electron chi connectivity index (χ3n) is 1.71. The van der Waals surface area contributed by atoms with Gasteiger partial charge in [0.05, 0.1) is 6.54 Å². The van der Waals surface area contributed by atoms with E-state index in [4.69, 9.17) is 0 Å². The first-order valence-corrected chi connectivity index (χ1v) is 4.24. The predicted octanol–water partition coefficient (Wildman–Crippen LogP) is 0.930. The second-order valence-corrected chi connectivity index (χ2v) is 2.69. The minimum absolute atomic E-state index is 0.124. The van der Waals surface area contributed by atoms with Crippen molar-refractivity contribution in [3.8, 4) is 0 Å². The van der Waals surface area contributed by atoms with Crippen molar-refractivity contribution in [2.45, 2.75) is 13.8 Å². The zero-order valence-corrected chi connectivity index (χ0v) is 8.42. The molecule has 0 atom stereocenters. The van der Waals surface area contributed by atoms with Crippen LogP contribution in [0.5, 0.6) is 0 Å². The van der Waals surface area contributed by atoms with E-state index in [1.807, 2.05) is 25.8 Å². The van der Waals surface area contributed by atoms with Crippen molar-refractivity contribution in [1.29, 1.82) is 0 Å². The lowest BCUT2D eigenvalue weighted by Gasteiger charge is -2.30. The maximum atomic E-state index is 11.0. The molecule has 0 aromatic carbocycles. The summed E-state index contributed by atoms with van der Waals surface area (Å²) in [6.07, 6.45) is 0. The largest absolute Gasteiger partial charge is 0.317 e. The Kier molecular flexibility index (Phi) is 4.59. The summed E-state index contributed by atoms with van der Waals surface area (Å²) < 4.78 is 0. The molecule has 1 aliphatic rings. The fourth-order valence-electron chi connectivity index (χ4n) is 0.987. The lowest BCUT2D eigenvalue weighted by atomic mass is 10.3. The van der Waals surface area contributed by atoms with Crippen LogP contribution in [0.2, 0.25) is 0 Å². The van der Waals surface area contributed by atoms with E-state index in [1.165, 1.54) is 0 Å². The summed E-state index contributed by atoms with van der Waals surface area (Å²) in [6.45, 7) is 9.06. The Morgan fingerprint density at radius 2 is 1.75 bits per heavy atom. The molecular weight excluding hydrogens is 152 g/mol. The van der Waals surface area contributed by atoms with Gasteiger partial charge in [-0.15, -0.1) is 0 Å². The number of amides is 1. The highest BCUT2D eigenvalue weighted by molar-refractivity contribution is 5.80. The number of nitrogens with zero attached hydrogens (tertiary/aromatic N) is 2. The van der Waals surface area contributed by atoms with Gasteiger partial charge in [0.25, 0.3) is 0 Å². The molecule has 1 amide bonds. The van der Waals surface area contributed by atoms with E-state index >= 15 is 0 Å². The maximum Gasteiger partial charge on any atom is 0.240 e. The van der Waals surface area contributed by atoms with Crippen molar-refractivity contribution in [1.82, 2.24) is 9.80 Å². The number of carbonyl (C=O) groups excluding carboxylic acids is 1. The summed E-state index contributed by atoms with van der Waals surface area (Å²) in [6, 6.07) is 0. The van der Waals surface area contributed by atoms with Crippen molar-refractivity contribution in [2.75, 3.05) is 27.2 Å². The van der Waals surface area contributed by atoms with E-state index < -0.39 is 0 Å². The normalized spacial score (nSPS) is 18.8. The molecule has 70 valence electrons. The van der Waals surface area contributed by atoms with E-state index in [1.54, 1.807) is 11.9 Å². The SMILES string of the molecule is C=C1CN(C)CC(=O)N1C.CC. The minimum atomic E-state index is 0.124. The highest BCUT2D eigenvalue weighted by atomic mass is 16.2. The standard InChI is InChI=1S/C7H12N2O.C2H6/c1-6-4-8(2)5-7(10)9(6)3;1-2/h1,4-5H2,2-3H3;1-2H3. The molecule has 0 radical (unpaired) electrons. The lowest BCUT2D eigenvalue weighted by Crippen LogP contribution is -2.44. The summed E-state index contributed by atoms with van der Waals surface area (Å²) >= 11 is 0. The Hall–Kier alpha value is -0.830. The zero-order valence-electron chi connectivity index (χ0n) is 8.42. The molecule has 0 aliphatic carbocycles. The molecule has 1 rings (SSSR count). The summed E-state index contributed by atoms with van der Waals surface area (Å²) in [5.74, 6) is 0.124. The lowest BCUT2D eigenvalue weighted by molar-refractivity contribution is -0.131. The van der Waals surface area contributed by atoms with Crippen LogP contribution in [0, 0.1) is 0 Å². The van der Waals surface area contributed by atoms with Gasteiger partial charge in [-0.25, -0.2) is 0 Å². The smallest absolute Gasteiger partial charge is 0.240 e. The van der Waals surface area contributed by atoms with E-state index in [0.717, 1.165) is 12.2 Å². The third kappa shape index (κ3) is 2.66. The quantitative estimate of drug-likeness (QED) is 0.540. The van der Waals surface area contributed by atoms with Crippen LogP contribution in [0.4, 0.5) is 0 Å². The second-order valence-electron chi connectivity index (χ2n) is 2.69. The summed E-state index contributed by atoms with van der Waals surface area (Å²) in [7, 11) is 3.67. The molecule has 0 aromatic heterocycles. The fourth-order valence-corrected chi connectivity index (χ4v) is 0.987. The number of carbonyl (C=O) groups is 1. The van der Waals surface area contributed by atoms with Gasteiger partial charge in [0.15, 0.2) is 0 Å². The second kappa shape index (κ2) is 4.93. The molecule has 3 nitrogen and oxygen atoms in total. The average molecular weight is 170 g/mol. The first kappa shape index (κ1) is 11.2. The molecule has 1 fully saturated rings. The monoisotopic (exact) mass is 170 g/mol. The van der Waals surface area contributed by atoms with Crippen LogP contribution >= 0.6 is 0 Å². The van der Waals surface area contributed by atoms with Crippen molar-refractivity contribution >= 4 is 5.91 Å². The Bertz CT molecular complexity index is 159. The molecule has 0 spiro atoms. The first-order valence-electron chi connectivity index (χ1n) is 4.24. The van der Waals surface area contributed by atoms with E-state index in [0.29, 0.717) is 6.54 Å². The maximum absolute atomic E-state index is 11.0. The summed E-state index contributed by atoms with van der Waals surface area (Å²) in [5, 5.41) is 0. The Morgan fingerprint density at radius 1 is 1.25 bits per heavy atom. The van der Waals surface area contributed by atoms with E-state index in [9.17, 15) is 4.79 Å². The van der Waals surface area contributed by atoms with Crippen molar-refractivity contribution < 1.29 is 4.79 Å². The number of hydrogen-bond donors (Lipinski definition) is 0. The van der Waals surface area contributed by atoms with Crippen molar-refractivity contribution in [3.05, 3.63) is 12.3 Å². The summed E-state index contributed by atoms with van der Waals surface area (Å²) in [5.41, 5.74) is 0.874. The molecule has 0 aromatic rings. The molecule has 1 saturated heterocycles. The van der Waals surface area contributed by atoms with Crippen LogP contribution in [-0.2, 0) is 4.79 Å². The molecule has 3 heteroatoms. The third-order valence-corrected chi connectivity index (χ3v) is 1.71. The van der Waals surface area contributed by atoms with Crippen molar-refractivity contribution in [2.24, 2.45) is 0 Å². The van der Waals surface area contributed by atoms with Gasteiger partial charge in [0, 0.05) is 19.3 Å². The highest BCUT2D eigenvalue weighted by Gasteiger charge is 2.20. The van der Waals surface area contributed by atoms with Crippen molar-refractivity contribution in [3.63, 3.8) is 0 Å². The van der Waals surface area contributed by atoms with Crippen LogP contribution in [0.25, 0.3) is 0 Å². The van der Waals surface area contributed by atoms with Gasteiger partial charge in [-0.3, -0.25) is 9.69 Å². The zero-order chi connectivity index (χ0) is 9.72. The summed E-state index contributed by atoms with van der Waals surface area (Å²) in [4.78, 5) is 14.6. The van der Waals surface area contributed by atoms with E-state index in [-0.39, 0.29) is 5.91 Å². The van der Waals surface area contributed by atoms with Crippen LogP contribution < -0.4 is 0 Å². The number of rotatable bonds is 0. The Morgan fingerprint density at radius 3 is 2.17 bits per heavy atom. The predicted molar refractivity (Wildman–Crippen MR) is 50.8 cm³/mol. The van der Waals surface area contributed by atoms with Crippen LogP contribution in [0.1, 0.15) is 13.8 Å². The van der Waals surface area contributed by atoms with Gasteiger partial charge >= 0.3 is 0 Å².